The third kappa shape index (κ3) is 3.22. The lowest BCUT2D eigenvalue weighted by Gasteiger charge is -2.27. The van der Waals surface area contributed by atoms with Crippen LogP contribution in [0.5, 0.6) is 0 Å². The van der Waals surface area contributed by atoms with Crippen LogP contribution in [0.4, 0.5) is 0 Å². The lowest BCUT2D eigenvalue weighted by molar-refractivity contribution is -0.134. The molecule has 0 radical (unpaired) electrons. The fourth-order valence-corrected chi connectivity index (χ4v) is 1.99. The van der Waals surface area contributed by atoms with Gasteiger partial charge in [0.2, 0.25) is 5.91 Å². The monoisotopic (exact) mass is 251 g/mol. The van der Waals surface area contributed by atoms with Crippen LogP contribution in [0.1, 0.15) is 32.3 Å². The molecule has 0 N–H and O–H groups in total. The number of halogens is 1. The summed E-state index contributed by atoms with van der Waals surface area (Å²) in [6.07, 6.45) is 2.12. The molecule has 1 aromatic rings. The number of amides is 1. The van der Waals surface area contributed by atoms with E-state index in [0.29, 0.717) is 12.5 Å². The second kappa shape index (κ2) is 5.09. The molecule has 2 rings (SSSR count). The molecule has 1 saturated carbocycles. The van der Waals surface area contributed by atoms with Crippen molar-refractivity contribution in [2.24, 2.45) is 5.92 Å². The van der Waals surface area contributed by atoms with E-state index >= 15 is 0 Å². The van der Waals surface area contributed by atoms with Gasteiger partial charge in [0, 0.05) is 23.5 Å². The van der Waals surface area contributed by atoms with E-state index in [0.717, 1.165) is 23.4 Å². The van der Waals surface area contributed by atoms with Crippen molar-refractivity contribution in [3.8, 4) is 0 Å². The molecule has 0 aromatic heterocycles. The van der Waals surface area contributed by atoms with E-state index < -0.39 is 0 Å². The summed E-state index contributed by atoms with van der Waals surface area (Å²) in [5, 5.41) is 0.735. The first-order chi connectivity index (χ1) is 8.08. The first-order valence-corrected chi connectivity index (χ1v) is 6.50. The Hall–Kier alpha value is -1.02. The largest absolute Gasteiger partial charge is 0.336 e. The molecular weight excluding hydrogens is 234 g/mol. The average Bonchev–Trinajstić information content (AvgIpc) is 3.11. The summed E-state index contributed by atoms with van der Waals surface area (Å²) in [4.78, 5) is 14.1. The van der Waals surface area contributed by atoms with Crippen molar-refractivity contribution >= 4 is 17.5 Å². The maximum absolute atomic E-state index is 12.1. The molecule has 0 unspecified atom stereocenters. The molecular formula is C14H18ClNO. The van der Waals surface area contributed by atoms with Gasteiger partial charge in [0.1, 0.15) is 0 Å². The van der Waals surface area contributed by atoms with Gasteiger partial charge in [-0.3, -0.25) is 4.79 Å². The molecule has 1 aromatic carbocycles. The highest BCUT2D eigenvalue weighted by atomic mass is 35.5. The Balaban J connectivity index is 2.06. The predicted octanol–water partition coefficient (Wildman–Crippen LogP) is 3.49. The van der Waals surface area contributed by atoms with Crippen molar-refractivity contribution in [2.75, 3.05) is 0 Å². The number of carbonyl (C=O) groups excluding carboxylic acids is 1. The van der Waals surface area contributed by atoms with Crippen molar-refractivity contribution in [1.29, 1.82) is 0 Å². The Kier molecular flexibility index (Phi) is 3.72. The highest BCUT2D eigenvalue weighted by Gasteiger charge is 2.34. The van der Waals surface area contributed by atoms with Gasteiger partial charge in [-0.2, -0.15) is 0 Å². The quantitative estimate of drug-likeness (QED) is 0.802. The first kappa shape index (κ1) is 12.4. The van der Waals surface area contributed by atoms with Gasteiger partial charge in [-0.1, -0.05) is 23.7 Å². The van der Waals surface area contributed by atoms with Gasteiger partial charge in [0.25, 0.3) is 0 Å². The zero-order valence-electron chi connectivity index (χ0n) is 10.3. The average molecular weight is 252 g/mol. The summed E-state index contributed by atoms with van der Waals surface area (Å²) in [6.45, 7) is 4.82. The molecule has 3 heteroatoms. The van der Waals surface area contributed by atoms with Gasteiger partial charge in [-0.25, -0.2) is 0 Å². The van der Waals surface area contributed by atoms with Gasteiger partial charge < -0.3 is 4.90 Å². The molecule has 2 nitrogen and oxygen atoms in total. The highest BCUT2D eigenvalue weighted by molar-refractivity contribution is 6.30. The van der Waals surface area contributed by atoms with Crippen molar-refractivity contribution in [1.82, 2.24) is 4.90 Å². The summed E-state index contributed by atoms with van der Waals surface area (Å²) < 4.78 is 0. The van der Waals surface area contributed by atoms with Gasteiger partial charge in [0.15, 0.2) is 0 Å². The van der Waals surface area contributed by atoms with Crippen molar-refractivity contribution < 1.29 is 4.79 Å². The molecule has 17 heavy (non-hydrogen) atoms. The number of rotatable bonds is 4. The second-order valence-electron chi connectivity index (χ2n) is 4.96. The number of nitrogens with zero attached hydrogens (tertiary/aromatic N) is 1. The fourth-order valence-electron chi connectivity index (χ4n) is 1.87. The number of hydrogen-bond acceptors (Lipinski definition) is 1. The second-order valence-corrected chi connectivity index (χ2v) is 5.40. The van der Waals surface area contributed by atoms with E-state index in [1.165, 1.54) is 0 Å². The van der Waals surface area contributed by atoms with Gasteiger partial charge in [0.05, 0.1) is 0 Å². The summed E-state index contributed by atoms with van der Waals surface area (Å²) in [5.74, 6) is 0.583. The maximum atomic E-state index is 12.1. The topological polar surface area (TPSA) is 20.3 Å². The molecule has 1 aliphatic carbocycles. The van der Waals surface area contributed by atoms with Crippen LogP contribution in [0, 0.1) is 5.92 Å². The lowest BCUT2D eigenvalue weighted by atomic mass is 10.1. The molecule has 0 heterocycles. The Bertz CT molecular complexity index is 395. The molecule has 1 amide bonds. The Labute approximate surface area is 108 Å². The van der Waals surface area contributed by atoms with Crippen LogP contribution in [0.2, 0.25) is 5.02 Å². The molecule has 0 aliphatic heterocycles. The summed E-state index contributed by atoms with van der Waals surface area (Å²) in [6, 6.07) is 7.96. The van der Waals surface area contributed by atoms with Crippen molar-refractivity contribution in [3.63, 3.8) is 0 Å². The molecule has 0 spiro atoms. The van der Waals surface area contributed by atoms with E-state index in [9.17, 15) is 4.79 Å². The van der Waals surface area contributed by atoms with Crippen LogP contribution in [-0.2, 0) is 11.3 Å². The lowest BCUT2D eigenvalue weighted by Crippen LogP contribution is -2.37. The molecule has 0 saturated heterocycles. The van der Waals surface area contributed by atoms with E-state index in [2.05, 4.69) is 13.8 Å². The van der Waals surface area contributed by atoms with E-state index in [1.807, 2.05) is 29.2 Å². The van der Waals surface area contributed by atoms with Gasteiger partial charge in [-0.05, 0) is 44.4 Å². The predicted molar refractivity (Wildman–Crippen MR) is 69.9 cm³/mol. The van der Waals surface area contributed by atoms with Crippen LogP contribution in [0.25, 0.3) is 0 Å². The Morgan fingerprint density at radius 2 is 1.94 bits per heavy atom. The third-order valence-electron chi connectivity index (χ3n) is 3.10. The van der Waals surface area contributed by atoms with Crippen LogP contribution in [-0.4, -0.2) is 16.8 Å². The number of carbonyl (C=O) groups is 1. The zero-order chi connectivity index (χ0) is 12.4. The number of benzene rings is 1. The van der Waals surface area contributed by atoms with Crippen molar-refractivity contribution in [2.45, 2.75) is 39.3 Å². The fraction of sp³-hybridized carbons (Fsp3) is 0.500. The normalized spacial score (nSPS) is 15.1. The van der Waals surface area contributed by atoms with Crippen LogP contribution in [0.15, 0.2) is 24.3 Å². The SMILES string of the molecule is CC(C)N(Cc1ccc(Cl)cc1)C(=O)C1CC1. The van der Waals surface area contributed by atoms with E-state index in [1.54, 1.807) is 0 Å². The van der Waals surface area contributed by atoms with Gasteiger partial charge in [-0.15, -0.1) is 0 Å². The van der Waals surface area contributed by atoms with Crippen molar-refractivity contribution in [3.05, 3.63) is 34.9 Å². The molecule has 1 fully saturated rings. The van der Waals surface area contributed by atoms with Gasteiger partial charge >= 0.3 is 0 Å². The zero-order valence-corrected chi connectivity index (χ0v) is 11.1. The minimum absolute atomic E-state index is 0.249. The maximum Gasteiger partial charge on any atom is 0.226 e. The first-order valence-electron chi connectivity index (χ1n) is 6.13. The summed E-state index contributed by atoms with van der Waals surface area (Å²) in [5.41, 5.74) is 1.14. The van der Waals surface area contributed by atoms with Crippen LogP contribution >= 0.6 is 11.6 Å². The molecule has 0 bridgehead atoms. The minimum atomic E-state index is 0.249. The molecule has 1 aliphatic rings. The standard InChI is InChI=1S/C14H18ClNO/c1-10(2)16(14(17)12-5-6-12)9-11-3-7-13(15)8-4-11/h3-4,7-8,10,12H,5-6,9H2,1-2H3. The molecule has 92 valence electrons. The van der Waals surface area contributed by atoms with Crippen LogP contribution < -0.4 is 0 Å². The third-order valence-corrected chi connectivity index (χ3v) is 3.35. The summed E-state index contributed by atoms with van der Waals surface area (Å²) >= 11 is 5.85. The van der Waals surface area contributed by atoms with E-state index in [4.69, 9.17) is 11.6 Å². The van der Waals surface area contributed by atoms with Crippen LogP contribution in [0.3, 0.4) is 0 Å². The minimum Gasteiger partial charge on any atom is -0.336 e. The highest BCUT2D eigenvalue weighted by Crippen LogP contribution is 2.32. The summed E-state index contributed by atoms with van der Waals surface area (Å²) in [7, 11) is 0. The Morgan fingerprint density at radius 1 is 1.35 bits per heavy atom. The molecule has 0 atom stereocenters. The smallest absolute Gasteiger partial charge is 0.226 e. The van der Waals surface area contributed by atoms with E-state index in [-0.39, 0.29) is 12.0 Å². The number of hydrogen-bond donors (Lipinski definition) is 0. The Morgan fingerprint density at radius 3 is 2.41 bits per heavy atom.